The minimum absolute atomic E-state index is 0.0778. The highest BCUT2D eigenvalue weighted by Gasteiger charge is 2.36. The van der Waals surface area contributed by atoms with E-state index in [9.17, 15) is 9.59 Å². The van der Waals surface area contributed by atoms with Gasteiger partial charge in [-0.25, -0.2) is 9.97 Å². The lowest BCUT2D eigenvalue weighted by Crippen LogP contribution is -2.59. The highest BCUT2D eigenvalue weighted by atomic mass is 16.5. The number of rotatable bonds is 6. The second kappa shape index (κ2) is 12.8. The molecule has 2 atom stereocenters. The second-order valence-electron chi connectivity index (χ2n) is 12.2. The van der Waals surface area contributed by atoms with E-state index in [1.807, 2.05) is 133 Å². The van der Waals surface area contributed by atoms with Crippen LogP contribution in [0, 0.1) is 0 Å². The van der Waals surface area contributed by atoms with Crippen molar-refractivity contribution in [2.75, 3.05) is 27.3 Å². The van der Waals surface area contributed by atoms with Crippen LogP contribution in [0.4, 0.5) is 0 Å². The Balaban J connectivity index is 1.19. The van der Waals surface area contributed by atoms with Gasteiger partial charge in [0.1, 0.15) is 11.5 Å². The van der Waals surface area contributed by atoms with Gasteiger partial charge >= 0.3 is 0 Å². The van der Waals surface area contributed by atoms with Gasteiger partial charge in [0, 0.05) is 47.1 Å². The fraction of sp³-hybridized carbons (Fsp3) is 0.200. The number of carbonyl (C=O) groups is 2. The number of piperazine rings is 1. The van der Waals surface area contributed by atoms with E-state index in [2.05, 4.69) is 0 Å². The number of pyridine rings is 2. The minimum Gasteiger partial charge on any atom is -0.497 e. The van der Waals surface area contributed by atoms with Gasteiger partial charge in [0.15, 0.2) is 0 Å². The molecular formula is C40H36N4O4. The predicted molar refractivity (Wildman–Crippen MR) is 188 cm³/mol. The third kappa shape index (κ3) is 5.70. The van der Waals surface area contributed by atoms with Gasteiger partial charge in [-0.1, -0.05) is 36.4 Å². The Morgan fingerprint density at radius 2 is 0.958 bits per heavy atom. The molecule has 0 saturated carbocycles. The Bertz CT molecular complexity index is 1990. The van der Waals surface area contributed by atoms with Crippen LogP contribution in [0.1, 0.15) is 34.6 Å². The molecule has 1 aliphatic rings. The van der Waals surface area contributed by atoms with E-state index < -0.39 is 0 Å². The number of ether oxygens (including phenoxy) is 2. The molecule has 2 amide bonds. The molecule has 8 heteroatoms. The smallest absolute Gasteiger partial charge is 0.254 e. The molecule has 1 saturated heterocycles. The molecule has 48 heavy (non-hydrogen) atoms. The zero-order valence-corrected chi connectivity index (χ0v) is 27.4. The summed E-state index contributed by atoms with van der Waals surface area (Å²) in [5.41, 5.74) is 5.90. The average Bonchev–Trinajstić information content (AvgIpc) is 3.14. The first-order chi connectivity index (χ1) is 23.3. The molecule has 6 aromatic rings. The van der Waals surface area contributed by atoms with Crippen molar-refractivity contribution < 1.29 is 19.1 Å². The lowest BCUT2D eigenvalue weighted by atomic mass is 9.99. The maximum absolute atomic E-state index is 14.4. The van der Waals surface area contributed by atoms with Gasteiger partial charge in [0.25, 0.3) is 11.8 Å². The van der Waals surface area contributed by atoms with E-state index in [1.165, 1.54) is 0 Å². The number of hydrogen-bond acceptors (Lipinski definition) is 6. The molecule has 0 radical (unpaired) electrons. The van der Waals surface area contributed by atoms with Crippen molar-refractivity contribution >= 4 is 33.6 Å². The molecule has 0 bridgehead atoms. The SMILES string of the molecule is COc1ccc(-c2cc(C(=O)N3CC(C)N(C(=O)c4cc(-c5ccc(OC)cc5)nc5ccccc45)CC3C)c3ccccc3n2)cc1. The average molecular weight is 637 g/mol. The maximum atomic E-state index is 14.4. The van der Waals surface area contributed by atoms with E-state index in [1.54, 1.807) is 14.2 Å². The van der Waals surface area contributed by atoms with Crippen molar-refractivity contribution in [3.05, 3.63) is 120 Å². The minimum atomic E-state index is -0.219. The lowest BCUT2D eigenvalue weighted by Gasteiger charge is -2.44. The van der Waals surface area contributed by atoms with Gasteiger partial charge in [-0.05, 0) is 86.6 Å². The van der Waals surface area contributed by atoms with Crippen LogP contribution in [-0.2, 0) is 0 Å². The molecule has 1 fully saturated rings. The Hall–Kier alpha value is -5.76. The number of nitrogens with zero attached hydrogens (tertiary/aromatic N) is 4. The molecule has 0 N–H and O–H groups in total. The summed E-state index contributed by atoms with van der Waals surface area (Å²) in [5.74, 6) is 1.35. The molecule has 2 aromatic heterocycles. The third-order valence-corrected chi connectivity index (χ3v) is 9.17. The normalized spacial score (nSPS) is 16.2. The third-order valence-electron chi connectivity index (χ3n) is 9.17. The molecule has 240 valence electrons. The van der Waals surface area contributed by atoms with Crippen LogP contribution >= 0.6 is 0 Å². The Labute approximate surface area is 279 Å². The van der Waals surface area contributed by atoms with Crippen LogP contribution in [0.25, 0.3) is 44.3 Å². The molecule has 7 rings (SSSR count). The van der Waals surface area contributed by atoms with Gasteiger partial charge in [-0.2, -0.15) is 0 Å². The Morgan fingerprint density at radius 3 is 1.33 bits per heavy atom. The number of fused-ring (bicyclic) bond motifs is 2. The largest absolute Gasteiger partial charge is 0.497 e. The van der Waals surface area contributed by atoms with Crippen LogP contribution in [0.3, 0.4) is 0 Å². The van der Waals surface area contributed by atoms with Crippen molar-refractivity contribution in [3.8, 4) is 34.0 Å². The van der Waals surface area contributed by atoms with Gasteiger partial charge in [-0.15, -0.1) is 0 Å². The number of para-hydroxylation sites is 2. The predicted octanol–water partition coefficient (Wildman–Crippen LogP) is 7.51. The Morgan fingerprint density at radius 1 is 0.583 bits per heavy atom. The monoisotopic (exact) mass is 636 g/mol. The fourth-order valence-corrected chi connectivity index (χ4v) is 6.53. The summed E-state index contributed by atoms with van der Waals surface area (Å²) in [4.78, 5) is 42.3. The summed E-state index contributed by atoms with van der Waals surface area (Å²) in [6, 6.07) is 34.1. The first-order valence-corrected chi connectivity index (χ1v) is 16.0. The van der Waals surface area contributed by atoms with Gasteiger partial charge < -0.3 is 19.3 Å². The fourth-order valence-electron chi connectivity index (χ4n) is 6.53. The quantitative estimate of drug-likeness (QED) is 0.188. The van der Waals surface area contributed by atoms with Crippen molar-refractivity contribution in [1.82, 2.24) is 19.8 Å². The van der Waals surface area contributed by atoms with Crippen LogP contribution in [0.5, 0.6) is 11.5 Å². The molecule has 3 heterocycles. The van der Waals surface area contributed by atoms with E-state index in [0.717, 1.165) is 44.4 Å². The van der Waals surface area contributed by atoms with E-state index >= 15 is 0 Å². The summed E-state index contributed by atoms with van der Waals surface area (Å²) in [7, 11) is 3.27. The van der Waals surface area contributed by atoms with E-state index in [4.69, 9.17) is 19.4 Å². The zero-order valence-electron chi connectivity index (χ0n) is 27.4. The lowest BCUT2D eigenvalue weighted by molar-refractivity contribution is 0.0272. The van der Waals surface area contributed by atoms with Gasteiger partial charge in [-0.3, -0.25) is 9.59 Å². The Kier molecular flexibility index (Phi) is 8.23. The number of benzene rings is 4. The molecule has 2 unspecified atom stereocenters. The topological polar surface area (TPSA) is 84.9 Å². The van der Waals surface area contributed by atoms with Crippen molar-refractivity contribution in [3.63, 3.8) is 0 Å². The summed E-state index contributed by atoms with van der Waals surface area (Å²) in [6.45, 7) is 4.81. The zero-order chi connectivity index (χ0) is 33.4. The first kappa shape index (κ1) is 30.9. The van der Waals surface area contributed by atoms with Crippen LogP contribution in [0.2, 0.25) is 0 Å². The van der Waals surface area contributed by atoms with Crippen molar-refractivity contribution in [2.45, 2.75) is 25.9 Å². The molecule has 8 nitrogen and oxygen atoms in total. The number of aromatic nitrogens is 2. The number of methoxy groups -OCH3 is 2. The van der Waals surface area contributed by atoms with Gasteiger partial charge in [0.2, 0.25) is 0 Å². The van der Waals surface area contributed by atoms with E-state index in [-0.39, 0.29) is 23.9 Å². The highest BCUT2D eigenvalue weighted by Crippen LogP contribution is 2.31. The van der Waals surface area contributed by atoms with E-state index in [0.29, 0.717) is 35.6 Å². The molecule has 0 spiro atoms. The summed E-state index contributed by atoms with van der Waals surface area (Å²) >= 11 is 0. The number of hydrogen-bond donors (Lipinski definition) is 0. The summed E-state index contributed by atoms with van der Waals surface area (Å²) in [5, 5.41) is 1.60. The second-order valence-corrected chi connectivity index (χ2v) is 12.2. The van der Waals surface area contributed by atoms with Crippen LogP contribution in [-0.4, -0.2) is 71.0 Å². The standard InChI is InChI=1S/C40H36N4O4/c1-25-23-44(40(46)34-22-38(28-15-19-30(48-4)20-16-28)42-36-12-8-6-10-32(34)36)26(2)24-43(25)39(45)33-21-37(27-13-17-29(47-3)18-14-27)41-35-11-7-5-9-31(33)35/h5-22,25-26H,23-24H2,1-4H3. The van der Waals surface area contributed by atoms with Crippen LogP contribution in [0.15, 0.2) is 109 Å². The molecule has 0 aliphatic carbocycles. The van der Waals surface area contributed by atoms with Crippen molar-refractivity contribution in [2.24, 2.45) is 0 Å². The number of amides is 2. The molecule has 1 aliphatic heterocycles. The number of carbonyl (C=O) groups excluding carboxylic acids is 2. The first-order valence-electron chi connectivity index (χ1n) is 16.0. The molecular weight excluding hydrogens is 600 g/mol. The highest BCUT2D eigenvalue weighted by molar-refractivity contribution is 6.09. The van der Waals surface area contributed by atoms with Crippen LogP contribution < -0.4 is 9.47 Å². The molecule has 4 aromatic carbocycles. The maximum Gasteiger partial charge on any atom is 0.254 e. The van der Waals surface area contributed by atoms with Crippen molar-refractivity contribution in [1.29, 1.82) is 0 Å². The van der Waals surface area contributed by atoms with Gasteiger partial charge in [0.05, 0.1) is 47.8 Å². The summed E-state index contributed by atoms with van der Waals surface area (Å²) < 4.78 is 10.7. The summed E-state index contributed by atoms with van der Waals surface area (Å²) in [6.07, 6.45) is 0.